The quantitative estimate of drug-likeness (QED) is 0.664. The summed E-state index contributed by atoms with van der Waals surface area (Å²) in [5.74, 6) is 0.352. The van der Waals surface area contributed by atoms with Gasteiger partial charge in [-0.3, -0.25) is 0 Å². The Balaban J connectivity index is 3.68. The van der Waals surface area contributed by atoms with Crippen LogP contribution in [0.15, 0.2) is 0 Å². The van der Waals surface area contributed by atoms with Crippen molar-refractivity contribution < 1.29 is 9.13 Å². The fourth-order valence-corrected chi connectivity index (χ4v) is 0.989. The number of rotatable bonds is 5. The van der Waals surface area contributed by atoms with Crippen LogP contribution >= 0.6 is 0 Å². The number of alkyl halides is 1. The van der Waals surface area contributed by atoms with Crippen molar-refractivity contribution in [2.45, 2.75) is 32.5 Å². The van der Waals surface area contributed by atoms with Crippen molar-refractivity contribution in [3.05, 3.63) is 0 Å². The Morgan fingerprint density at radius 2 is 2.00 bits per heavy atom. The predicted molar refractivity (Wildman–Crippen MR) is 44.2 cm³/mol. The van der Waals surface area contributed by atoms with Crippen LogP contribution in [0.3, 0.4) is 0 Å². The SMILES string of the molecule is COC(CC(F)CN)C(C)C. The topological polar surface area (TPSA) is 35.2 Å². The highest BCUT2D eigenvalue weighted by molar-refractivity contribution is 4.68. The van der Waals surface area contributed by atoms with E-state index in [0.717, 1.165) is 0 Å². The lowest BCUT2D eigenvalue weighted by molar-refractivity contribution is 0.0393. The molecular formula is C8H18FNO. The van der Waals surface area contributed by atoms with Crippen molar-refractivity contribution in [2.75, 3.05) is 13.7 Å². The Bertz CT molecular complexity index is 98.1. The van der Waals surface area contributed by atoms with Crippen molar-refractivity contribution in [1.29, 1.82) is 0 Å². The lowest BCUT2D eigenvalue weighted by Gasteiger charge is -2.20. The Morgan fingerprint density at radius 3 is 2.27 bits per heavy atom. The maximum absolute atomic E-state index is 12.7. The van der Waals surface area contributed by atoms with Gasteiger partial charge in [-0.05, 0) is 5.92 Å². The molecule has 0 spiro atoms. The molecule has 0 saturated carbocycles. The fourth-order valence-electron chi connectivity index (χ4n) is 0.989. The first-order valence-corrected chi connectivity index (χ1v) is 3.98. The fraction of sp³-hybridized carbons (Fsp3) is 1.00. The minimum atomic E-state index is -0.928. The van der Waals surface area contributed by atoms with E-state index in [1.165, 1.54) is 0 Å². The molecule has 2 nitrogen and oxygen atoms in total. The normalized spacial score (nSPS) is 16.9. The highest BCUT2D eigenvalue weighted by atomic mass is 19.1. The third-order valence-electron chi connectivity index (χ3n) is 1.79. The Morgan fingerprint density at radius 1 is 1.45 bits per heavy atom. The van der Waals surface area contributed by atoms with Crippen molar-refractivity contribution in [3.63, 3.8) is 0 Å². The average molecular weight is 163 g/mol. The maximum Gasteiger partial charge on any atom is 0.115 e. The number of hydrogen-bond acceptors (Lipinski definition) is 2. The molecule has 68 valence electrons. The van der Waals surface area contributed by atoms with E-state index in [0.29, 0.717) is 12.3 Å². The first-order valence-electron chi connectivity index (χ1n) is 3.98. The van der Waals surface area contributed by atoms with Gasteiger partial charge in [0, 0.05) is 20.1 Å². The molecule has 0 amide bonds. The molecule has 0 bridgehead atoms. The van der Waals surface area contributed by atoms with Gasteiger partial charge in [0.05, 0.1) is 6.10 Å². The zero-order valence-corrected chi connectivity index (χ0v) is 7.51. The molecule has 0 saturated heterocycles. The molecule has 0 aromatic heterocycles. The van der Waals surface area contributed by atoms with E-state index in [2.05, 4.69) is 0 Å². The summed E-state index contributed by atoms with van der Waals surface area (Å²) in [5, 5.41) is 0. The van der Waals surface area contributed by atoms with Crippen molar-refractivity contribution in [1.82, 2.24) is 0 Å². The molecular weight excluding hydrogens is 145 g/mol. The summed E-state index contributed by atoms with van der Waals surface area (Å²) in [6.07, 6.45) is -0.527. The minimum absolute atomic E-state index is 0.00597. The van der Waals surface area contributed by atoms with Gasteiger partial charge in [0.2, 0.25) is 0 Å². The van der Waals surface area contributed by atoms with Gasteiger partial charge in [0.15, 0.2) is 0 Å². The molecule has 11 heavy (non-hydrogen) atoms. The lowest BCUT2D eigenvalue weighted by atomic mass is 10.0. The summed E-state index contributed by atoms with van der Waals surface area (Å²) in [4.78, 5) is 0. The van der Waals surface area contributed by atoms with Gasteiger partial charge in [-0.15, -0.1) is 0 Å². The van der Waals surface area contributed by atoms with E-state index < -0.39 is 6.17 Å². The van der Waals surface area contributed by atoms with E-state index >= 15 is 0 Å². The van der Waals surface area contributed by atoms with Crippen LogP contribution in [0.25, 0.3) is 0 Å². The van der Waals surface area contributed by atoms with E-state index in [-0.39, 0.29) is 12.6 Å². The van der Waals surface area contributed by atoms with E-state index in [9.17, 15) is 4.39 Å². The second-order valence-corrected chi connectivity index (χ2v) is 3.09. The first kappa shape index (κ1) is 10.8. The first-order chi connectivity index (χ1) is 5.11. The molecule has 0 aromatic carbocycles. The zero-order valence-electron chi connectivity index (χ0n) is 7.51. The van der Waals surface area contributed by atoms with Gasteiger partial charge >= 0.3 is 0 Å². The highest BCUT2D eigenvalue weighted by Gasteiger charge is 2.16. The van der Waals surface area contributed by atoms with Crippen LogP contribution < -0.4 is 5.73 Å². The van der Waals surface area contributed by atoms with Crippen LogP contribution in [0.5, 0.6) is 0 Å². The Labute approximate surface area is 67.9 Å². The third kappa shape index (κ3) is 4.32. The summed E-state index contributed by atoms with van der Waals surface area (Å²) < 4.78 is 17.8. The van der Waals surface area contributed by atoms with Crippen LogP contribution in [-0.4, -0.2) is 25.9 Å². The molecule has 0 aliphatic rings. The summed E-state index contributed by atoms with van der Waals surface area (Å²) >= 11 is 0. The number of methoxy groups -OCH3 is 1. The lowest BCUT2D eigenvalue weighted by Crippen LogP contribution is -2.26. The summed E-state index contributed by atoms with van der Waals surface area (Å²) in [6.45, 7) is 4.11. The Hall–Kier alpha value is -0.150. The van der Waals surface area contributed by atoms with Crippen LogP contribution in [0.4, 0.5) is 4.39 Å². The molecule has 0 fully saturated rings. The molecule has 0 radical (unpaired) electrons. The number of ether oxygens (including phenoxy) is 1. The van der Waals surface area contributed by atoms with Gasteiger partial charge in [0.1, 0.15) is 6.17 Å². The van der Waals surface area contributed by atoms with Crippen molar-refractivity contribution >= 4 is 0 Å². The summed E-state index contributed by atoms with van der Waals surface area (Å²) in [7, 11) is 1.61. The smallest absolute Gasteiger partial charge is 0.115 e. The predicted octanol–water partition coefficient (Wildman–Crippen LogP) is 1.34. The van der Waals surface area contributed by atoms with Gasteiger partial charge in [-0.1, -0.05) is 13.8 Å². The van der Waals surface area contributed by atoms with E-state index in [1.807, 2.05) is 13.8 Å². The minimum Gasteiger partial charge on any atom is -0.381 e. The molecule has 0 aliphatic heterocycles. The van der Waals surface area contributed by atoms with Gasteiger partial charge in [-0.25, -0.2) is 4.39 Å². The van der Waals surface area contributed by atoms with Crippen LogP contribution in [-0.2, 0) is 4.74 Å². The standard InChI is InChI=1S/C8H18FNO/c1-6(2)8(11-3)4-7(9)5-10/h6-8H,4-5,10H2,1-3H3. The van der Waals surface area contributed by atoms with Gasteiger partial charge in [0.25, 0.3) is 0 Å². The number of halogens is 1. The van der Waals surface area contributed by atoms with E-state index in [1.54, 1.807) is 7.11 Å². The molecule has 2 unspecified atom stereocenters. The molecule has 2 N–H and O–H groups in total. The summed E-state index contributed by atoms with van der Waals surface area (Å²) in [6, 6.07) is 0. The van der Waals surface area contributed by atoms with Crippen LogP contribution in [0.1, 0.15) is 20.3 Å². The van der Waals surface area contributed by atoms with Gasteiger partial charge in [-0.2, -0.15) is 0 Å². The second-order valence-electron chi connectivity index (χ2n) is 3.09. The molecule has 0 aromatic rings. The molecule has 2 atom stereocenters. The molecule has 0 heterocycles. The third-order valence-corrected chi connectivity index (χ3v) is 1.79. The van der Waals surface area contributed by atoms with E-state index in [4.69, 9.17) is 10.5 Å². The Kier molecular flexibility index (Phi) is 5.42. The van der Waals surface area contributed by atoms with Crippen LogP contribution in [0.2, 0.25) is 0 Å². The largest absolute Gasteiger partial charge is 0.381 e. The van der Waals surface area contributed by atoms with Gasteiger partial charge < -0.3 is 10.5 Å². The zero-order chi connectivity index (χ0) is 8.85. The average Bonchev–Trinajstić information content (AvgIpc) is 1.99. The number of nitrogens with two attached hydrogens (primary N) is 1. The molecule has 0 aliphatic carbocycles. The maximum atomic E-state index is 12.7. The monoisotopic (exact) mass is 163 g/mol. The second kappa shape index (κ2) is 5.49. The van der Waals surface area contributed by atoms with Crippen molar-refractivity contribution in [3.8, 4) is 0 Å². The van der Waals surface area contributed by atoms with Crippen molar-refractivity contribution in [2.24, 2.45) is 11.7 Å². The summed E-state index contributed by atoms with van der Waals surface area (Å²) in [5.41, 5.74) is 5.14. The highest BCUT2D eigenvalue weighted by Crippen LogP contribution is 2.13. The number of hydrogen-bond donors (Lipinski definition) is 1. The molecule has 0 rings (SSSR count). The molecule has 3 heteroatoms. The van der Waals surface area contributed by atoms with Crippen LogP contribution in [0, 0.1) is 5.92 Å².